The molecule has 0 bridgehead atoms. The molecule has 26 heavy (non-hydrogen) atoms. The van der Waals surface area contributed by atoms with Gasteiger partial charge in [-0.05, 0) is 12.1 Å². The monoisotopic (exact) mass is 357 g/mol. The highest BCUT2D eigenvalue weighted by atomic mass is 16.6. The molecule has 2 aliphatic heterocycles. The van der Waals surface area contributed by atoms with Gasteiger partial charge in [0.1, 0.15) is 24.0 Å². The summed E-state index contributed by atoms with van der Waals surface area (Å²) in [5.74, 6) is 1.49. The molecular formula is C20H23NO5. The Kier molecular flexibility index (Phi) is 4.58. The molecule has 0 aromatic heterocycles. The normalized spacial score (nSPS) is 28.1. The van der Waals surface area contributed by atoms with Gasteiger partial charge in [-0.1, -0.05) is 36.4 Å². The van der Waals surface area contributed by atoms with Gasteiger partial charge in [0.15, 0.2) is 0 Å². The molecule has 3 atom stereocenters. The van der Waals surface area contributed by atoms with Crippen LogP contribution in [0, 0.1) is 0 Å². The predicted octanol–water partition coefficient (Wildman–Crippen LogP) is 2.49. The Labute approximate surface area is 152 Å². The number of aliphatic hydroxyl groups is 1. The number of rotatable bonds is 5. The fraction of sp³-hybridized carbons (Fsp3) is 0.400. The fourth-order valence-corrected chi connectivity index (χ4v) is 3.83. The standard InChI is InChI=1S/C20H23NO5/c1-23-16-9-5-3-7-14(16)18-21-19(15-8-4-6-10-17(15)24-2)26-13-20(21,11-22)12-25-18/h3-10,18-19,22H,11-13H2,1-2H3/t18-,19+,20?. The van der Waals surface area contributed by atoms with Gasteiger partial charge < -0.3 is 24.1 Å². The van der Waals surface area contributed by atoms with Crippen LogP contribution in [0.15, 0.2) is 48.5 Å². The Bertz CT molecular complexity index is 721. The van der Waals surface area contributed by atoms with Crippen molar-refractivity contribution >= 4 is 0 Å². The molecular weight excluding hydrogens is 334 g/mol. The molecule has 138 valence electrons. The highest BCUT2D eigenvalue weighted by molar-refractivity contribution is 5.39. The minimum atomic E-state index is -0.586. The van der Waals surface area contributed by atoms with E-state index in [9.17, 15) is 5.11 Å². The maximum absolute atomic E-state index is 10.1. The lowest BCUT2D eigenvalue weighted by atomic mass is 10.0. The number of nitrogens with zero attached hydrogens (tertiary/aromatic N) is 1. The maximum atomic E-state index is 10.1. The van der Waals surface area contributed by atoms with E-state index in [0.29, 0.717) is 13.2 Å². The Morgan fingerprint density at radius 1 is 0.923 bits per heavy atom. The van der Waals surface area contributed by atoms with Crippen LogP contribution in [0.3, 0.4) is 0 Å². The van der Waals surface area contributed by atoms with Gasteiger partial charge in [-0.2, -0.15) is 0 Å². The van der Waals surface area contributed by atoms with Crippen molar-refractivity contribution in [3.63, 3.8) is 0 Å². The van der Waals surface area contributed by atoms with E-state index in [0.717, 1.165) is 22.6 Å². The third-order valence-electron chi connectivity index (χ3n) is 5.18. The van der Waals surface area contributed by atoms with Gasteiger partial charge >= 0.3 is 0 Å². The first-order chi connectivity index (χ1) is 12.7. The van der Waals surface area contributed by atoms with Crippen LogP contribution in [0.25, 0.3) is 0 Å². The first-order valence-electron chi connectivity index (χ1n) is 8.62. The Morgan fingerprint density at radius 3 is 1.81 bits per heavy atom. The number of methoxy groups -OCH3 is 2. The highest BCUT2D eigenvalue weighted by Crippen LogP contribution is 2.51. The van der Waals surface area contributed by atoms with E-state index in [4.69, 9.17) is 18.9 Å². The predicted molar refractivity (Wildman–Crippen MR) is 95.0 cm³/mol. The lowest BCUT2D eigenvalue weighted by Gasteiger charge is -2.33. The molecule has 2 saturated heterocycles. The van der Waals surface area contributed by atoms with Crippen molar-refractivity contribution in [1.29, 1.82) is 0 Å². The molecule has 2 heterocycles. The number of para-hydroxylation sites is 2. The van der Waals surface area contributed by atoms with Gasteiger partial charge in [-0.25, -0.2) is 4.90 Å². The number of ether oxygens (including phenoxy) is 4. The first-order valence-corrected chi connectivity index (χ1v) is 8.62. The number of aliphatic hydroxyl groups excluding tert-OH is 1. The molecule has 2 aromatic carbocycles. The van der Waals surface area contributed by atoms with E-state index in [1.807, 2.05) is 48.5 Å². The van der Waals surface area contributed by atoms with Crippen molar-refractivity contribution in [3.05, 3.63) is 59.7 Å². The smallest absolute Gasteiger partial charge is 0.143 e. The average molecular weight is 357 g/mol. The third kappa shape index (κ3) is 2.57. The zero-order valence-electron chi connectivity index (χ0n) is 14.9. The second-order valence-electron chi connectivity index (χ2n) is 6.60. The highest BCUT2D eigenvalue weighted by Gasteiger charge is 2.57. The topological polar surface area (TPSA) is 60.4 Å². The quantitative estimate of drug-likeness (QED) is 0.887. The van der Waals surface area contributed by atoms with Gasteiger partial charge in [0.05, 0.1) is 39.6 Å². The summed E-state index contributed by atoms with van der Waals surface area (Å²) >= 11 is 0. The molecule has 0 saturated carbocycles. The lowest BCUT2D eigenvalue weighted by Crippen LogP contribution is -2.47. The fourth-order valence-electron chi connectivity index (χ4n) is 3.83. The van der Waals surface area contributed by atoms with Crippen molar-refractivity contribution in [1.82, 2.24) is 4.90 Å². The summed E-state index contributed by atoms with van der Waals surface area (Å²) in [7, 11) is 3.29. The molecule has 2 aromatic rings. The third-order valence-corrected chi connectivity index (χ3v) is 5.18. The average Bonchev–Trinajstić information content (AvgIpc) is 3.25. The van der Waals surface area contributed by atoms with Crippen LogP contribution in [0.2, 0.25) is 0 Å². The van der Waals surface area contributed by atoms with Crippen LogP contribution < -0.4 is 9.47 Å². The number of benzene rings is 2. The van der Waals surface area contributed by atoms with Gasteiger partial charge in [-0.3, -0.25) is 0 Å². The van der Waals surface area contributed by atoms with Crippen LogP contribution in [0.1, 0.15) is 23.6 Å². The van der Waals surface area contributed by atoms with Crippen molar-refractivity contribution < 1.29 is 24.1 Å². The molecule has 0 spiro atoms. The number of hydrogen-bond acceptors (Lipinski definition) is 6. The minimum Gasteiger partial charge on any atom is -0.496 e. The van der Waals surface area contributed by atoms with Crippen molar-refractivity contribution in [3.8, 4) is 11.5 Å². The molecule has 0 amide bonds. The summed E-state index contributed by atoms with van der Waals surface area (Å²) < 4.78 is 23.3. The molecule has 6 heteroatoms. The van der Waals surface area contributed by atoms with Gasteiger partial charge in [0, 0.05) is 11.1 Å². The molecule has 4 rings (SSSR count). The zero-order chi connectivity index (χ0) is 18.1. The number of hydrogen-bond donors (Lipinski definition) is 1. The van der Waals surface area contributed by atoms with E-state index in [1.165, 1.54) is 0 Å². The van der Waals surface area contributed by atoms with Gasteiger partial charge in [0.25, 0.3) is 0 Å². The molecule has 2 fully saturated rings. The Morgan fingerprint density at radius 2 is 1.38 bits per heavy atom. The second-order valence-corrected chi connectivity index (χ2v) is 6.60. The largest absolute Gasteiger partial charge is 0.496 e. The van der Waals surface area contributed by atoms with E-state index in [2.05, 4.69) is 4.90 Å². The number of fused-ring (bicyclic) bond motifs is 1. The SMILES string of the molecule is COc1ccccc1[C@H]1OCC2(CO)CO[C@@H](c3ccccc3OC)N12. The maximum Gasteiger partial charge on any atom is 0.143 e. The summed E-state index contributed by atoms with van der Waals surface area (Å²) in [6.07, 6.45) is -0.758. The summed E-state index contributed by atoms with van der Waals surface area (Å²) in [5.41, 5.74) is 1.24. The van der Waals surface area contributed by atoms with E-state index < -0.39 is 5.54 Å². The minimum absolute atomic E-state index is 0.0513. The van der Waals surface area contributed by atoms with E-state index in [-0.39, 0.29) is 19.1 Å². The Hall–Kier alpha value is -2.12. The summed E-state index contributed by atoms with van der Waals surface area (Å²) in [6, 6.07) is 15.5. The van der Waals surface area contributed by atoms with E-state index >= 15 is 0 Å². The van der Waals surface area contributed by atoms with Gasteiger partial charge in [0.2, 0.25) is 0 Å². The van der Waals surface area contributed by atoms with Crippen LogP contribution in [0.5, 0.6) is 11.5 Å². The molecule has 6 nitrogen and oxygen atoms in total. The van der Waals surface area contributed by atoms with E-state index in [1.54, 1.807) is 14.2 Å². The summed E-state index contributed by atoms with van der Waals surface area (Å²) in [5, 5.41) is 10.1. The second kappa shape index (κ2) is 6.89. The molecule has 1 N–H and O–H groups in total. The molecule has 2 aliphatic rings. The zero-order valence-corrected chi connectivity index (χ0v) is 14.9. The van der Waals surface area contributed by atoms with Crippen LogP contribution >= 0.6 is 0 Å². The lowest BCUT2D eigenvalue weighted by molar-refractivity contribution is -0.0645. The summed E-state index contributed by atoms with van der Waals surface area (Å²) in [6.45, 7) is 0.722. The Balaban J connectivity index is 1.79. The molecule has 1 unspecified atom stereocenters. The van der Waals surface area contributed by atoms with Crippen LogP contribution in [-0.2, 0) is 9.47 Å². The van der Waals surface area contributed by atoms with Crippen molar-refractivity contribution in [2.45, 2.75) is 18.0 Å². The first kappa shape index (κ1) is 17.3. The van der Waals surface area contributed by atoms with Crippen LogP contribution in [-0.4, -0.2) is 49.6 Å². The van der Waals surface area contributed by atoms with Crippen molar-refractivity contribution in [2.24, 2.45) is 0 Å². The molecule has 0 radical (unpaired) electrons. The van der Waals surface area contributed by atoms with Gasteiger partial charge in [-0.15, -0.1) is 0 Å². The van der Waals surface area contributed by atoms with Crippen molar-refractivity contribution in [2.75, 3.05) is 34.0 Å². The summed E-state index contributed by atoms with van der Waals surface area (Å²) in [4.78, 5) is 2.10. The van der Waals surface area contributed by atoms with Crippen LogP contribution in [0.4, 0.5) is 0 Å². The molecule has 0 aliphatic carbocycles.